The first-order valence-electron chi connectivity index (χ1n) is 8.96. The van der Waals surface area contributed by atoms with Crippen molar-refractivity contribution < 1.29 is 0 Å². The number of fused-ring (bicyclic) bond motifs is 1. The summed E-state index contributed by atoms with van der Waals surface area (Å²) in [5.41, 5.74) is 1.95. The Morgan fingerprint density at radius 3 is 2.52 bits per heavy atom. The van der Waals surface area contributed by atoms with Crippen LogP contribution in [0.15, 0.2) is 64.5 Å². The van der Waals surface area contributed by atoms with Crippen LogP contribution in [0.1, 0.15) is 38.2 Å². The Labute approximate surface area is 153 Å². The first kappa shape index (κ1) is 17.7. The molecule has 3 aromatic rings. The summed E-state index contributed by atoms with van der Waals surface area (Å²) in [7, 11) is 0. The van der Waals surface area contributed by atoms with Gasteiger partial charge in [-0.1, -0.05) is 80.4 Å². The number of thioether (sulfide) groups is 1. The van der Waals surface area contributed by atoms with Gasteiger partial charge in [-0.25, -0.2) is 4.98 Å². The van der Waals surface area contributed by atoms with Gasteiger partial charge < -0.3 is 0 Å². The van der Waals surface area contributed by atoms with Gasteiger partial charge in [0.05, 0.1) is 17.4 Å². The maximum atomic E-state index is 13.0. The Kier molecular flexibility index (Phi) is 6.29. The van der Waals surface area contributed by atoms with Gasteiger partial charge in [0.25, 0.3) is 5.56 Å². The summed E-state index contributed by atoms with van der Waals surface area (Å²) in [6.45, 7) is 2.78. The number of rotatable bonds is 8. The predicted molar refractivity (Wildman–Crippen MR) is 106 cm³/mol. The van der Waals surface area contributed by atoms with Crippen LogP contribution in [-0.4, -0.2) is 15.3 Å². The molecule has 0 fully saturated rings. The Bertz CT molecular complexity index is 874. The van der Waals surface area contributed by atoms with Crippen LogP contribution < -0.4 is 5.56 Å². The molecule has 0 aliphatic rings. The molecule has 1 heterocycles. The summed E-state index contributed by atoms with van der Waals surface area (Å²) in [6, 6.07) is 17.7. The summed E-state index contributed by atoms with van der Waals surface area (Å²) in [4.78, 5) is 17.8. The van der Waals surface area contributed by atoms with Gasteiger partial charge in [0.15, 0.2) is 5.16 Å². The monoisotopic (exact) mass is 352 g/mol. The van der Waals surface area contributed by atoms with E-state index in [4.69, 9.17) is 4.98 Å². The number of unbranched alkanes of at least 4 members (excludes halogenated alkanes) is 3. The van der Waals surface area contributed by atoms with Crippen molar-refractivity contribution in [3.05, 3.63) is 70.5 Å². The van der Waals surface area contributed by atoms with Crippen LogP contribution in [0.5, 0.6) is 0 Å². The molecule has 0 saturated carbocycles. The van der Waals surface area contributed by atoms with Gasteiger partial charge in [0, 0.05) is 5.75 Å². The van der Waals surface area contributed by atoms with E-state index in [0.29, 0.717) is 11.9 Å². The molecule has 0 N–H and O–H groups in total. The third kappa shape index (κ3) is 4.51. The SMILES string of the molecule is CCCCCCSc1nc2ccccc2c(=O)n1Cc1ccccc1. The second kappa shape index (κ2) is 8.86. The highest BCUT2D eigenvalue weighted by atomic mass is 32.2. The fourth-order valence-electron chi connectivity index (χ4n) is 2.86. The average Bonchev–Trinajstić information content (AvgIpc) is 2.65. The van der Waals surface area contributed by atoms with E-state index in [1.807, 2.05) is 47.0 Å². The lowest BCUT2D eigenvalue weighted by atomic mass is 10.2. The second-order valence-corrected chi connectivity index (χ2v) is 7.26. The molecule has 0 bridgehead atoms. The molecule has 0 atom stereocenters. The summed E-state index contributed by atoms with van der Waals surface area (Å²) in [5, 5.41) is 1.51. The van der Waals surface area contributed by atoms with Crippen molar-refractivity contribution in [2.45, 2.75) is 44.3 Å². The van der Waals surface area contributed by atoms with Gasteiger partial charge in [-0.05, 0) is 24.1 Å². The number of nitrogens with zero attached hydrogens (tertiary/aromatic N) is 2. The van der Waals surface area contributed by atoms with Gasteiger partial charge in [-0.3, -0.25) is 9.36 Å². The van der Waals surface area contributed by atoms with E-state index in [-0.39, 0.29) is 5.56 Å². The molecule has 3 nitrogen and oxygen atoms in total. The van der Waals surface area contributed by atoms with E-state index >= 15 is 0 Å². The van der Waals surface area contributed by atoms with Crippen LogP contribution in [0.4, 0.5) is 0 Å². The average molecular weight is 353 g/mol. The zero-order chi connectivity index (χ0) is 17.5. The Balaban J connectivity index is 1.91. The molecule has 2 aromatic carbocycles. The molecule has 1 aromatic heterocycles. The normalized spacial score (nSPS) is 11.1. The zero-order valence-electron chi connectivity index (χ0n) is 14.6. The van der Waals surface area contributed by atoms with E-state index in [1.165, 1.54) is 19.3 Å². The second-order valence-electron chi connectivity index (χ2n) is 6.20. The topological polar surface area (TPSA) is 34.9 Å². The largest absolute Gasteiger partial charge is 0.283 e. The minimum absolute atomic E-state index is 0.0468. The van der Waals surface area contributed by atoms with Crippen molar-refractivity contribution in [1.82, 2.24) is 9.55 Å². The van der Waals surface area contributed by atoms with Crippen molar-refractivity contribution in [2.24, 2.45) is 0 Å². The van der Waals surface area contributed by atoms with E-state index < -0.39 is 0 Å². The molecule has 25 heavy (non-hydrogen) atoms. The van der Waals surface area contributed by atoms with Gasteiger partial charge in [-0.2, -0.15) is 0 Å². The van der Waals surface area contributed by atoms with Crippen molar-refractivity contribution in [2.75, 3.05) is 5.75 Å². The number of aromatic nitrogens is 2. The molecule has 0 aliphatic heterocycles. The smallest absolute Gasteiger partial charge is 0.262 e. The first-order valence-corrected chi connectivity index (χ1v) is 9.94. The zero-order valence-corrected chi connectivity index (χ0v) is 15.5. The quantitative estimate of drug-likeness (QED) is 0.321. The van der Waals surface area contributed by atoms with E-state index in [0.717, 1.165) is 28.4 Å². The fourth-order valence-corrected chi connectivity index (χ4v) is 3.85. The lowest BCUT2D eigenvalue weighted by Crippen LogP contribution is -2.24. The van der Waals surface area contributed by atoms with Crippen LogP contribution >= 0.6 is 11.8 Å². The van der Waals surface area contributed by atoms with Gasteiger partial charge >= 0.3 is 0 Å². The first-order chi connectivity index (χ1) is 12.3. The highest BCUT2D eigenvalue weighted by Gasteiger charge is 2.11. The van der Waals surface area contributed by atoms with Crippen LogP contribution in [0.25, 0.3) is 10.9 Å². The molecular formula is C21H24N2OS. The Morgan fingerprint density at radius 1 is 0.960 bits per heavy atom. The molecule has 0 saturated heterocycles. The van der Waals surface area contributed by atoms with Crippen molar-refractivity contribution in [1.29, 1.82) is 0 Å². The molecule has 0 amide bonds. The fraction of sp³-hybridized carbons (Fsp3) is 0.333. The summed E-state index contributed by atoms with van der Waals surface area (Å²) in [5.74, 6) is 1.000. The molecule has 0 unspecified atom stereocenters. The van der Waals surface area contributed by atoms with Crippen molar-refractivity contribution in [3.8, 4) is 0 Å². The summed E-state index contributed by atoms with van der Waals surface area (Å²) < 4.78 is 1.82. The molecule has 0 aliphatic carbocycles. The number of para-hydroxylation sites is 1. The Morgan fingerprint density at radius 2 is 1.72 bits per heavy atom. The number of hydrogen-bond donors (Lipinski definition) is 0. The lowest BCUT2D eigenvalue weighted by molar-refractivity contribution is 0.655. The highest BCUT2D eigenvalue weighted by molar-refractivity contribution is 7.99. The maximum Gasteiger partial charge on any atom is 0.262 e. The van der Waals surface area contributed by atoms with Crippen molar-refractivity contribution in [3.63, 3.8) is 0 Å². The standard InChI is InChI=1S/C21H24N2OS/c1-2-3-4-10-15-25-21-22-19-14-9-8-13-18(19)20(24)23(21)16-17-11-6-5-7-12-17/h5-9,11-14H,2-4,10,15-16H2,1H3. The summed E-state index contributed by atoms with van der Waals surface area (Å²) >= 11 is 1.70. The van der Waals surface area contributed by atoms with E-state index in [2.05, 4.69) is 19.1 Å². The van der Waals surface area contributed by atoms with Gasteiger partial charge in [0.1, 0.15) is 0 Å². The number of benzene rings is 2. The lowest BCUT2D eigenvalue weighted by Gasteiger charge is -2.13. The maximum absolute atomic E-state index is 13.0. The summed E-state index contributed by atoms with van der Waals surface area (Å²) in [6.07, 6.45) is 4.90. The molecule has 0 radical (unpaired) electrons. The minimum Gasteiger partial charge on any atom is -0.283 e. The molecular weight excluding hydrogens is 328 g/mol. The van der Waals surface area contributed by atoms with Gasteiger partial charge in [-0.15, -0.1) is 0 Å². The van der Waals surface area contributed by atoms with Crippen LogP contribution in [0.2, 0.25) is 0 Å². The molecule has 3 rings (SSSR count). The minimum atomic E-state index is 0.0468. The highest BCUT2D eigenvalue weighted by Crippen LogP contribution is 2.20. The van der Waals surface area contributed by atoms with Crippen LogP contribution in [0, 0.1) is 0 Å². The van der Waals surface area contributed by atoms with Gasteiger partial charge in [0.2, 0.25) is 0 Å². The van der Waals surface area contributed by atoms with Crippen molar-refractivity contribution >= 4 is 22.7 Å². The van der Waals surface area contributed by atoms with Crippen LogP contribution in [-0.2, 0) is 6.54 Å². The Hall–Kier alpha value is -2.07. The number of hydrogen-bond acceptors (Lipinski definition) is 3. The third-order valence-corrected chi connectivity index (χ3v) is 5.30. The predicted octanol–water partition coefficient (Wildman–Crippen LogP) is 5.12. The van der Waals surface area contributed by atoms with Crippen LogP contribution in [0.3, 0.4) is 0 Å². The molecule has 0 spiro atoms. The van der Waals surface area contributed by atoms with E-state index in [9.17, 15) is 4.79 Å². The third-order valence-electron chi connectivity index (χ3n) is 4.24. The molecule has 130 valence electrons. The van der Waals surface area contributed by atoms with E-state index in [1.54, 1.807) is 11.8 Å². The molecule has 4 heteroatoms.